The summed E-state index contributed by atoms with van der Waals surface area (Å²) in [5.74, 6) is 0. The van der Waals surface area contributed by atoms with Crippen molar-refractivity contribution >= 4 is 10.0 Å². The van der Waals surface area contributed by atoms with Crippen LogP contribution in [-0.4, -0.2) is 23.4 Å². The fourth-order valence-corrected chi connectivity index (χ4v) is 2.23. The summed E-state index contributed by atoms with van der Waals surface area (Å²) in [6.45, 7) is 6.17. The van der Waals surface area contributed by atoms with Crippen molar-refractivity contribution in [3.8, 4) is 5.69 Å². The first-order chi connectivity index (χ1) is 8.69. The highest BCUT2D eigenvalue weighted by Crippen LogP contribution is 2.23. The maximum atomic E-state index is 11.2. The lowest BCUT2D eigenvalue weighted by Gasteiger charge is -2.19. The largest absolute Gasteiger partial charge is 0.238 e. The van der Waals surface area contributed by atoms with Gasteiger partial charge < -0.3 is 0 Å². The van der Waals surface area contributed by atoms with Gasteiger partial charge in [0.1, 0.15) is 0 Å². The molecule has 2 aromatic rings. The third-order valence-corrected chi connectivity index (χ3v) is 3.66. The molecule has 0 aliphatic carbocycles. The number of aromatic nitrogens is 3. The van der Waals surface area contributed by atoms with E-state index in [1.807, 2.05) is 0 Å². The molecule has 0 radical (unpaired) electrons. The van der Waals surface area contributed by atoms with Crippen LogP contribution in [0.25, 0.3) is 5.69 Å². The van der Waals surface area contributed by atoms with Crippen molar-refractivity contribution < 1.29 is 8.42 Å². The van der Waals surface area contributed by atoms with Gasteiger partial charge in [0.2, 0.25) is 10.0 Å². The first-order valence-electron chi connectivity index (χ1n) is 5.74. The van der Waals surface area contributed by atoms with E-state index in [0.717, 1.165) is 11.4 Å². The maximum Gasteiger partial charge on any atom is 0.238 e. The number of rotatable bonds is 2. The van der Waals surface area contributed by atoms with Gasteiger partial charge in [-0.15, -0.1) is 5.10 Å². The minimum Gasteiger partial charge on any atom is -0.225 e. The second-order valence-electron chi connectivity index (χ2n) is 5.32. The first-order valence-corrected chi connectivity index (χ1v) is 7.28. The van der Waals surface area contributed by atoms with E-state index in [-0.39, 0.29) is 10.3 Å². The lowest BCUT2D eigenvalue weighted by Crippen LogP contribution is -2.17. The monoisotopic (exact) mass is 280 g/mol. The Labute approximate surface area is 112 Å². The van der Waals surface area contributed by atoms with Crippen molar-refractivity contribution in [1.29, 1.82) is 0 Å². The Morgan fingerprint density at radius 3 is 2.21 bits per heavy atom. The van der Waals surface area contributed by atoms with Crippen LogP contribution in [0.5, 0.6) is 0 Å². The lowest BCUT2D eigenvalue weighted by atomic mass is 9.92. The summed E-state index contributed by atoms with van der Waals surface area (Å²) < 4.78 is 24.1. The number of hydrogen-bond acceptors (Lipinski definition) is 4. The van der Waals surface area contributed by atoms with Crippen LogP contribution in [0.4, 0.5) is 0 Å². The molecule has 0 bridgehead atoms. The summed E-state index contributed by atoms with van der Waals surface area (Å²) >= 11 is 0. The molecule has 1 aromatic carbocycles. The van der Waals surface area contributed by atoms with Gasteiger partial charge in [0.05, 0.1) is 22.5 Å². The summed E-state index contributed by atoms with van der Waals surface area (Å²) in [4.78, 5) is 0.0775. The van der Waals surface area contributed by atoms with E-state index in [2.05, 4.69) is 31.1 Å². The van der Waals surface area contributed by atoms with Gasteiger partial charge in [-0.1, -0.05) is 26.0 Å². The third kappa shape index (κ3) is 2.82. The van der Waals surface area contributed by atoms with E-state index in [1.165, 1.54) is 12.1 Å². The molecule has 0 unspecified atom stereocenters. The highest BCUT2D eigenvalue weighted by atomic mass is 32.2. The molecule has 0 fully saturated rings. The van der Waals surface area contributed by atoms with Crippen LogP contribution in [0, 0.1) is 0 Å². The van der Waals surface area contributed by atoms with Gasteiger partial charge in [-0.05, 0) is 24.3 Å². The fourth-order valence-electron chi connectivity index (χ4n) is 1.71. The highest BCUT2D eigenvalue weighted by molar-refractivity contribution is 7.89. The number of benzene rings is 1. The molecule has 0 aliphatic rings. The molecule has 2 N–H and O–H groups in total. The van der Waals surface area contributed by atoms with Crippen LogP contribution in [-0.2, 0) is 15.4 Å². The van der Waals surface area contributed by atoms with Crippen molar-refractivity contribution in [3.05, 3.63) is 36.2 Å². The average Bonchev–Trinajstić information content (AvgIpc) is 2.76. The summed E-state index contributed by atoms with van der Waals surface area (Å²) in [6, 6.07) is 6.23. The normalized spacial score (nSPS) is 12.6. The van der Waals surface area contributed by atoms with E-state index < -0.39 is 10.0 Å². The SMILES string of the molecule is CC(C)(C)c1cnnn1-c1ccc(S(N)(=O)=O)cc1. The smallest absolute Gasteiger partial charge is 0.225 e. The van der Waals surface area contributed by atoms with Gasteiger partial charge in [0.15, 0.2) is 0 Å². The maximum absolute atomic E-state index is 11.2. The van der Waals surface area contributed by atoms with Crippen LogP contribution in [0.1, 0.15) is 26.5 Å². The van der Waals surface area contributed by atoms with E-state index in [1.54, 1.807) is 23.0 Å². The minimum atomic E-state index is -3.67. The Kier molecular flexibility index (Phi) is 3.19. The average molecular weight is 280 g/mol. The Hall–Kier alpha value is -1.73. The number of nitrogens with two attached hydrogens (primary N) is 1. The van der Waals surface area contributed by atoms with Crippen molar-refractivity contribution in [2.24, 2.45) is 5.14 Å². The van der Waals surface area contributed by atoms with Gasteiger partial charge >= 0.3 is 0 Å². The van der Waals surface area contributed by atoms with Gasteiger partial charge in [-0.25, -0.2) is 18.2 Å². The highest BCUT2D eigenvalue weighted by Gasteiger charge is 2.20. The minimum absolute atomic E-state index is 0.0775. The van der Waals surface area contributed by atoms with Crippen molar-refractivity contribution in [2.75, 3.05) is 0 Å². The van der Waals surface area contributed by atoms with Crippen molar-refractivity contribution in [1.82, 2.24) is 15.0 Å². The Morgan fingerprint density at radius 2 is 1.74 bits per heavy atom. The Morgan fingerprint density at radius 1 is 1.16 bits per heavy atom. The molecule has 19 heavy (non-hydrogen) atoms. The predicted molar refractivity (Wildman–Crippen MR) is 71.4 cm³/mol. The molecule has 0 saturated carbocycles. The fraction of sp³-hybridized carbons (Fsp3) is 0.333. The second-order valence-corrected chi connectivity index (χ2v) is 6.88. The summed E-state index contributed by atoms with van der Waals surface area (Å²) in [7, 11) is -3.67. The van der Waals surface area contributed by atoms with Crippen molar-refractivity contribution in [2.45, 2.75) is 31.1 Å². The molecule has 0 amide bonds. The quantitative estimate of drug-likeness (QED) is 0.895. The summed E-state index contributed by atoms with van der Waals surface area (Å²) in [6.07, 6.45) is 1.70. The number of primary sulfonamides is 1. The third-order valence-electron chi connectivity index (χ3n) is 2.73. The molecule has 7 heteroatoms. The Balaban J connectivity index is 2.47. The number of hydrogen-bond donors (Lipinski definition) is 1. The number of nitrogens with zero attached hydrogens (tertiary/aromatic N) is 3. The number of sulfonamides is 1. The van der Waals surface area contributed by atoms with Crippen LogP contribution in [0.15, 0.2) is 35.4 Å². The van der Waals surface area contributed by atoms with Gasteiger partial charge in [0, 0.05) is 5.41 Å². The topological polar surface area (TPSA) is 90.9 Å². The predicted octanol–water partition coefficient (Wildman–Crippen LogP) is 1.21. The van der Waals surface area contributed by atoms with E-state index in [4.69, 9.17) is 5.14 Å². The molecule has 0 aliphatic heterocycles. The molecular formula is C12H16N4O2S. The summed E-state index contributed by atoms with van der Waals surface area (Å²) in [5, 5.41) is 13.0. The van der Waals surface area contributed by atoms with Crippen LogP contribution in [0.3, 0.4) is 0 Å². The second kappa shape index (κ2) is 4.43. The lowest BCUT2D eigenvalue weighted by molar-refractivity contribution is 0.542. The molecule has 0 spiro atoms. The first kappa shape index (κ1) is 13.7. The van der Waals surface area contributed by atoms with Crippen LogP contribution >= 0.6 is 0 Å². The zero-order valence-corrected chi connectivity index (χ0v) is 11.8. The molecule has 2 rings (SSSR count). The van der Waals surface area contributed by atoms with Gasteiger partial charge in [-0.3, -0.25) is 0 Å². The molecule has 102 valence electrons. The molecule has 1 aromatic heterocycles. The molecule has 1 heterocycles. The van der Waals surface area contributed by atoms with Crippen LogP contribution in [0.2, 0.25) is 0 Å². The molecule has 0 atom stereocenters. The summed E-state index contributed by atoms with van der Waals surface area (Å²) in [5.41, 5.74) is 1.58. The van der Waals surface area contributed by atoms with Gasteiger partial charge in [0.25, 0.3) is 0 Å². The zero-order valence-electron chi connectivity index (χ0n) is 11.0. The Bertz CT molecular complexity index is 681. The molecule has 6 nitrogen and oxygen atoms in total. The van der Waals surface area contributed by atoms with Gasteiger partial charge in [-0.2, -0.15) is 0 Å². The standard InChI is InChI=1S/C12H16N4O2S/c1-12(2,3)11-8-14-15-16(11)9-4-6-10(7-5-9)19(13,17)18/h4-8H,1-3H3,(H2,13,17,18). The van der Waals surface area contributed by atoms with E-state index >= 15 is 0 Å². The van der Waals surface area contributed by atoms with E-state index in [9.17, 15) is 8.42 Å². The van der Waals surface area contributed by atoms with Crippen molar-refractivity contribution in [3.63, 3.8) is 0 Å². The molecular weight excluding hydrogens is 264 g/mol. The zero-order chi connectivity index (χ0) is 14.3. The molecule has 0 saturated heterocycles. The van der Waals surface area contributed by atoms with Crippen LogP contribution < -0.4 is 5.14 Å². The van der Waals surface area contributed by atoms with E-state index in [0.29, 0.717) is 0 Å².